The first kappa shape index (κ1) is 19.5. The van der Waals surface area contributed by atoms with Crippen LogP contribution < -0.4 is 0 Å². The highest BCUT2D eigenvalue weighted by Crippen LogP contribution is 2.24. The van der Waals surface area contributed by atoms with Crippen molar-refractivity contribution in [3.8, 4) is 11.8 Å². The van der Waals surface area contributed by atoms with Crippen LogP contribution in [-0.2, 0) is 9.47 Å². The Bertz CT molecular complexity index is 311. The lowest BCUT2D eigenvalue weighted by molar-refractivity contribution is -0.0974. The maximum atomic E-state index is 10.9. The molecule has 1 N–H and O–H groups in total. The van der Waals surface area contributed by atoms with E-state index in [2.05, 4.69) is 11.8 Å². The third kappa shape index (κ3) is 8.78. The number of hydrogen-bond donors (Lipinski definition) is 1. The highest BCUT2D eigenvalue weighted by molar-refractivity contribution is 5.15. The van der Waals surface area contributed by atoms with E-state index in [1.165, 1.54) is 44.9 Å². The van der Waals surface area contributed by atoms with E-state index in [1.807, 2.05) is 13.8 Å². The van der Waals surface area contributed by atoms with Gasteiger partial charge in [0.1, 0.15) is 5.60 Å². The minimum atomic E-state index is -0.869. The fraction of sp³-hybridized carbons (Fsp3) is 0.895. The Kier molecular flexibility index (Phi) is 10.6. The van der Waals surface area contributed by atoms with Crippen molar-refractivity contribution in [2.24, 2.45) is 0 Å². The Hall–Kier alpha value is -0.560. The van der Waals surface area contributed by atoms with Gasteiger partial charge in [0.25, 0.3) is 0 Å². The highest BCUT2D eigenvalue weighted by Gasteiger charge is 2.23. The van der Waals surface area contributed by atoms with Crippen molar-refractivity contribution in [2.45, 2.75) is 96.4 Å². The summed E-state index contributed by atoms with van der Waals surface area (Å²) in [5, 5.41) is 10.9. The molecule has 0 amide bonds. The molecule has 1 aliphatic rings. The molecule has 0 bridgehead atoms. The first-order chi connectivity index (χ1) is 10.7. The Labute approximate surface area is 136 Å². The van der Waals surface area contributed by atoms with Gasteiger partial charge in [0.2, 0.25) is 6.29 Å². The van der Waals surface area contributed by atoms with Crippen LogP contribution in [0.5, 0.6) is 0 Å². The predicted molar refractivity (Wildman–Crippen MR) is 90.6 cm³/mol. The zero-order chi connectivity index (χ0) is 16.1. The summed E-state index contributed by atoms with van der Waals surface area (Å²) in [7, 11) is 0. The van der Waals surface area contributed by atoms with Crippen LogP contribution in [0.25, 0.3) is 0 Å². The second kappa shape index (κ2) is 11.9. The average molecular weight is 310 g/mol. The summed E-state index contributed by atoms with van der Waals surface area (Å²) in [6.45, 7) is 4.99. The largest absolute Gasteiger partial charge is 0.378 e. The lowest BCUT2D eigenvalue weighted by atomic mass is 9.89. The maximum Gasteiger partial charge on any atom is 0.222 e. The summed E-state index contributed by atoms with van der Waals surface area (Å²) in [4.78, 5) is 0. The van der Waals surface area contributed by atoms with Gasteiger partial charge in [-0.05, 0) is 45.5 Å². The highest BCUT2D eigenvalue weighted by atomic mass is 16.7. The lowest BCUT2D eigenvalue weighted by Crippen LogP contribution is -2.27. The van der Waals surface area contributed by atoms with E-state index in [0.717, 1.165) is 25.7 Å². The van der Waals surface area contributed by atoms with Gasteiger partial charge in [-0.1, -0.05) is 50.9 Å². The molecular weight excluding hydrogens is 276 g/mol. The molecule has 1 fully saturated rings. The quantitative estimate of drug-likeness (QED) is 0.617. The summed E-state index contributed by atoms with van der Waals surface area (Å²) < 4.78 is 10.9. The topological polar surface area (TPSA) is 38.7 Å². The number of rotatable bonds is 4. The van der Waals surface area contributed by atoms with Gasteiger partial charge < -0.3 is 14.6 Å². The normalized spacial score (nSPS) is 20.5. The van der Waals surface area contributed by atoms with Gasteiger partial charge in [-0.2, -0.15) is 0 Å². The zero-order valence-electron chi connectivity index (χ0n) is 14.5. The smallest absolute Gasteiger partial charge is 0.222 e. The molecule has 0 unspecified atom stereocenters. The van der Waals surface area contributed by atoms with Gasteiger partial charge in [0, 0.05) is 13.2 Å². The molecule has 128 valence electrons. The SMILES string of the molecule is CCOC(C#CC1(O)CCCCCCCCCCC1)OCC. The molecule has 3 heteroatoms. The van der Waals surface area contributed by atoms with E-state index in [0.29, 0.717) is 13.2 Å². The number of aliphatic hydroxyl groups is 1. The van der Waals surface area contributed by atoms with Crippen LogP contribution in [0.1, 0.15) is 84.5 Å². The van der Waals surface area contributed by atoms with Crippen molar-refractivity contribution in [1.29, 1.82) is 0 Å². The minimum absolute atomic E-state index is 0.514. The molecule has 1 saturated carbocycles. The number of ether oxygens (including phenoxy) is 2. The minimum Gasteiger partial charge on any atom is -0.378 e. The fourth-order valence-corrected chi connectivity index (χ4v) is 2.95. The van der Waals surface area contributed by atoms with Gasteiger partial charge >= 0.3 is 0 Å². The molecule has 0 saturated heterocycles. The van der Waals surface area contributed by atoms with Gasteiger partial charge in [-0.25, -0.2) is 0 Å². The fourth-order valence-electron chi connectivity index (χ4n) is 2.95. The van der Waals surface area contributed by atoms with E-state index in [4.69, 9.17) is 9.47 Å². The first-order valence-corrected chi connectivity index (χ1v) is 9.18. The third-order valence-corrected chi connectivity index (χ3v) is 4.24. The molecule has 22 heavy (non-hydrogen) atoms. The molecule has 0 spiro atoms. The van der Waals surface area contributed by atoms with Crippen LogP contribution >= 0.6 is 0 Å². The van der Waals surface area contributed by atoms with Crippen LogP contribution in [0.15, 0.2) is 0 Å². The molecule has 3 nitrogen and oxygen atoms in total. The molecule has 0 aromatic heterocycles. The Morgan fingerprint density at radius 2 is 1.23 bits per heavy atom. The maximum absolute atomic E-state index is 10.9. The Morgan fingerprint density at radius 1 is 0.818 bits per heavy atom. The van der Waals surface area contributed by atoms with Crippen LogP contribution in [0, 0.1) is 11.8 Å². The first-order valence-electron chi connectivity index (χ1n) is 9.18. The van der Waals surface area contributed by atoms with Crippen molar-refractivity contribution in [1.82, 2.24) is 0 Å². The summed E-state index contributed by atoms with van der Waals surface area (Å²) in [5.41, 5.74) is -0.869. The van der Waals surface area contributed by atoms with E-state index in [-0.39, 0.29) is 0 Å². The van der Waals surface area contributed by atoms with Crippen LogP contribution in [0.4, 0.5) is 0 Å². The molecule has 0 radical (unpaired) electrons. The average Bonchev–Trinajstić information content (AvgIpc) is 2.49. The molecule has 0 aromatic carbocycles. The van der Waals surface area contributed by atoms with Gasteiger partial charge in [-0.3, -0.25) is 0 Å². The van der Waals surface area contributed by atoms with Gasteiger partial charge in [-0.15, -0.1) is 0 Å². The van der Waals surface area contributed by atoms with Crippen molar-refractivity contribution in [3.05, 3.63) is 0 Å². The summed E-state index contributed by atoms with van der Waals surface area (Å²) in [6, 6.07) is 0. The van der Waals surface area contributed by atoms with Gasteiger partial charge in [0.05, 0.1) is 0 Å². The Morgan fingerprint density at radius 3 is 1.64 bits per heavy atom. The Balaban J connectivity index is 2.62. The summed E-state index contributed by atoms with van der Waals surface area (Å²) >= 11 is 0. The third-order valence-electron chi connectivity index (χ3n) is 4.24. The van der Waals surface area contributed by atoms with Crippen molar-refractivity contribution < 1.29 is 14.6 Å². The van der Waals surface area contributed by atoms with E-state index in [1.54, 1.807) is 0 Å². The van der Waals surface area contributed by atoms with Crippen LogP contribution in [0.2, 0.25) is 0 Å². The summed E-state index contributed by atoms with van der Waals surface area (Å²) in [6.07, 6.45) is 12.1. The van der Waals surface area contributed by atoms with Crippen molar-refractivity contribution >= 4 is 0 Å². The van der Waals surface area contributed by atoms with Crippen molar-refractivity contribution in [3.63, 3.8) is 0 Å². The number of hydrogen-bond acceptors (Lipinski definition) is 3. The van der Waals surface area contributed by atoms with E-state index < -0.39 is 11.9 Å². The van der Waals surface area contributed by atoms with Crippen LogP contribution in [-0.4, -0.2) is 30.2 Å². The summed E-state index contributed by atoms with van der Waals surface area (Å²) in [5.74, 6) is 6.07. The molecule has 0 aliphatic heterocycles. The molecule has 1 aliphatic carbocycles. The lowest BCUT2D eigenvalue weighted by Gasteiger charge is -2.23. The zero-order valence-corrected chi connectivity index (χ0v) is 14.5. The standard InChI is InChI=1S/C19H34O3/c1-3-21-18(22-4-2)14-17-19(20)15-12-10-8-6-5-7-9-11-13-16-19/h18,20H,3-13,15-16H2,1-2H3. The van der Waals surface area contributed by atoms with Crippen LogP contribution in [0.3, 0.4) is 0 Å². The monoisotopic (exact) mass is 310 g/mol. The van der Waals surface area contributed by atoms with E-state index in [9.17, 15) is 5.11 Å². The molecule has 0 atom stereocenters. The van der Waals surface area contributed by atoms with Gasteiger partial charge in [0.15, 0.2) is 0 Å². The van der Waals surface area contributed by atoms with Crippen molar-refractivity contribution in [2.75, 3.05) is 13.2 Å². The molecule has 0 heterocycles. The second-order valence-corrected chi connectivity index (χ2v) is 6.23. The molecular formula is C19H34O3. The predicted octanol–water partition coefficient (Wildman–Crippen LogP) is 4.42. The molecule has 0 aromatic rings. The molecule has 1 rings (SSSR count). The van der Waals surface area contributed by atoms with E-state index >= 15 is 0 Å². The second-order valence-electron chi connectivity index (χ2n) is 6.23.